The van der Waals surface area contributed by atoms with Crippen LogP contribution in [-0.4, -0.2) is 40.9 Å². The van der Waals surface area contributed by atoms with Crippen LogP contribution in [0.4, 0.5) is 0 Å². The van der Waals surface area contributed by atoms with E-state index in [9.17, 15) is 0 Å². The zero-order valence-corrected chi connectivity index (χ0v) is 19.0. The van der Waals surface area contributed by atoms with Crippen molar-refractivity contribution in [2.75, 3.05) is 9.52 Å². The zero-order chi connectivity index (χ0) is 17.3. The van der Waals surface area contributed by atoms with Gasteiger partial charge in [-0.2, -0.15) is 0 Å². The monoisotopic (exact) mass is 447 g/mol. The SMILES string of the molecule is CCS[CH2][Sn]([O]C(C)CC)([O]C(C)CC)[c]1ccccc1CN. The van der Waals surface area contributed by atoms with Crippen LogP contribution in [0.15, 0.2) is 24.3 Å². The molecule has 0 radical (unpaired) electrons. The van der Waals surface area contributed by atoms with Gasteiger partial charge in [-0.15, -0.1) is 0 Å². The fraction of sp³-hybridized carbons (Fsp3) is 0.667. The van der Waals surface area contributed by atoms with Crippen molar-refractivity contribution < 1.29 is 6.15 Å². The molecule has 3 nitrogen and oxygen atoms in total. The van der Waals surface area contributed by atoms with Crippen LogP contribution < -0.4 is 9.31 Å². The molecule has 1 aromatic carbocycles. The molecule has 0 aromatic heterocycles. The van der Waals surface area contributed by atoms with Gasteiger partial charge in [-0.05, 0) is 0 Å². The molecule has 0 bridgehead atoms. The molecule has 23 heavy (non-hydrogen) atoms. The van der Waals surface area contributed by atoms with Gasteiger partial charge in [0, 0.05) is 0 Å². The maximum atomic E-state index is 6.70. The van der Waals surface area contributed by atoms with E-state index in [1.807, 2.05) is 11.8 Å². The molecule has 0 heterocycles. The fourth-order valence-corrected chi connectivity index (χ4v) is 18.2. The van der Waals surface area contributed by atoms with Crippen LogP contribution in [0.5, 0.6) is 0 Å². The van der Waals surface area contributed by atoms with Gasteiger partial charge in [0.05, 0.1) is 0 Å². The van der Waals surface area contributed by atoms with Crippen molar-refractivity contribution in [3.63, 3.8) is 0 Å². The molecule has 5 heteroatoms. The Kier molecular flexibility index (Phi) is 10.2. The Morgan fingerprint density at radius 2 is 1.61 bits per heavy atom. The summed E-state index contributed by atoms with van der Waals surface area (Å²) in [6.45, 7) is 11.4. The standard InChI is InChI=1S/C7H8N.2C4H9O.C3H7S.Sn/c8-6-7-4-2-1-3-5-7;2*1-3-4(2)5;1-3-4-2;/h1-4H,6,8H2;2*4H,3H2,1-2H3;2-3H2,1H3;/q;2*-1;;+2. The van der Waals surface area contributed by atoms with Gasteiger partial charge in [0.15, 0.2) is 0 Å². The Morgan fingerprint density at radius 3 is 2.09 bits per heavy atom. The average Bonchev–Trinajstić information content (AvgIpc) is 2.59. The third kappa shape index (κ3) is 6.24. The molecular weight excluding hydrogens is 413 g/mol. The summed E-state index contributed by atoms with van der Waals surface area (Å²) in [5.74, 6) is 1.08. The van der Waals surface area contributed by atoms with Crippen LogP contribution in [0.3, 0.4) is 0 Å². The minimum atomic E-state index is -3.47. The Morgan fingerprint density at radius 1 is 1.04 bits per heavy atom. The summed E-state index contributed by atoms with van der Waals surface area (Å²) in [7, 11) is 0. The molecule has 2 atom stereocenters. The van der Waals surface area contributed by atoms with E-state index in [4.69, 9.17) is 11.9 Å². The molecule has 0 aliphatic carbocycles. The van der Waals surface area contributed by atoms with Crippen molar-refractivity contribution >= 4 is 34.5 Å². The van der Waals surface area contributed by atoms with E-state index in [1.54, 1.807) is 0 Å². The van der Waals surface area contributed by atoms with Crippen molar-refractivity contribution in [3.8, 4) is 0 Å². The van der Waals surface area contributed by atoms with Gasteiger partial charge >= 0.3 is 152 Å². The molecule has 0 saturated carbocycles. The first-order valence-corrected chi connectivity index (χ1v) is 15.7. The third-order valence-electron chi connectivity index (χ3n) is 4.08. The van der Waals surface area contributed by atoms with E-state index >= 15 is 0 Å². The summed E-state index contributed by atoms with van der Waals surface area (Å²) in [6, 6.07) is 8.47. The van der Waals surface area contributed by atoms with Gasteiger partial charge in [0.25, 0.3) is 0 Å². The predicted octanol–water partition coefficient (Wildman–Crippen LogP) is 3.72. The van der Waals surface area contributed by atoms with Crippen molar-refractivity contribution in [2.24, 2.45) is 5.73 Å². The van der Waals surface area contributed by atoms with Gasteiger partial charge in [0.2, 0.25) is 0 Å². The number of benzene rings is 1. The van der Waals surface area contributed by atoms with Crippen LogP contribution in [-0.2, 0) is 12.7 Å². The van der Waals surface area contributed by atoms with Crippen LogP contribution >= 0.6 is 11.8 Å². The first kappa shape index (κ1) is 21.3. The first-order valence-electron chi connectivity index (χ1n) is 8.74. The summed E-state index contributed by atoms with van der Waals surface area (Å²) < 4.78 is 15.7. The van der Waals surface area contributed by atoms with Crippen molar-refractivity contribution in [1.82, 2.24) is 0 Å². The Hall–Kier alpha value is 0.249. The molecule has 0 aliphatic rings. The van der Waals surface area contributed by atoms with Crippen LogP contribution in [0.2, 0.25) is 0 Å². The van der Waals surface area contributed by atoms with E-state index in [2.05, 4.69) is 58.9 Å². The molecule has 2 N–H and O–H groups in total. The average molecular weight is 446 g/mol. The van der Waals surface area contributed by atoms with Gasteiger partial charge in [0.1, 0.15) is 0 Å². The van der Waals surface area contributed by atoms with Crippen molar-refractivity contribution in [3.05, 3.63) is 29.8 Å². The molecule has 0 saturated heterocycles. The van der Waals surface area contributed by atoms with E-state index in [-0.39, 0.29) is 12.2 Å². The number of hydrogen-bond acceptors (Lipinski definition) is 4. The first-order chi connectivity index (χ1) is 11.0. The number of thioether (sulfide) groups is 1. The molecule has 0 amide bonds. The van der Waals surface area contributed by atoms with Gasteiger partial charge in [-0.1, -0.05) is 0 Å². The zero-order valence-electron chi connectivity index (χ0n) is 15.3. The van der Waals surface area contributed by atoms with E-state index < -0.39 is 19.2 Å². The third-order valence-corrected chi connectivity index (χ3v) is 18.3. The quantitative estimate of drug-likeness (QED) is 0.527. The summed E-state index contributed by atoms with van der Waals surface area (Å²) in [6.07, 6.45) is 2.45. The van der Waals surface area contributed by atoms with E-state index in [1.165, 1.54) is 9.14 Å². The summed E-state index contributed by atoms with van der Waals surface area (Å²) in [5, 5.41) is 0. The second kappa shape index (κ2) is 11.0. The summed E-state index contributed by atoms with van der Waals surface area (Å²) >= 11 is -1.53. The molecule has 0 fully saturated rings. The topological polar surface area (TPSA) is 44.5 Å². The minimum absolute atomic E-state index is 0.221. The molecule has 132 valence electrons. The van der Waals surface area contributed by atoms with Crippen molar-refractivity contribution in [1.29, 1.82) is 0 Å². The normalized spacial score (nSPS) is 16.8. The number of rotatable bonds is 11. The van der Waals surface area contributed by atoms with Crippen LogP contribution in [0.1, 0.15) is 53.0 Å². The Bertz CT molecular complexity index is 446. The van der Waals surface area contributed by atoms with Gasteiger partial charge in [-0.25, -0.2) is 0 Å². The van der Waals surface area contributed by atoms with E-state index in [0.717, 1.165) is 22.4 Å². The fourth-order valence-electron chi connectivity index (χ4n) is 2.42. The summed E-state index contributed by atoms with van der Waals surface area (Å²) in [4.78, 5) is 0. The number of hydrogen-bond donors (Lipinski definition) is 1. The molecular formula is C18H33NO2SSn. The van der Waals surface area contributed by atoms with Crippen molar-refractivity contribution in [2.45, 2.75) is 66.2 Å². The predicted molar refractivity (Wildman–Crippen MR) is 104 cm³/mol. The Balaban J connectivity index is 3.32. The Labute approximate surface area is 151 Å². The molecule has 1 aromatic rings. The molecule has 1 rings (SSSR count). The summed E-state index contributed by atoms with van der Waals surface area (Å²) in [5.41, 5.74) is 7.20. The van der Waals surface area contributed by atoms with Crippen LogP contribution in [0, 0.1) is 0 Å². The van der Waals surface area contributed by atoms with E-state index in [0.29, 0.717) is 6.54 Å². The maximum absolute atomic E-state index is 6.70. The second-order valence-corrected chi connectivity index (χ2v) is 16.9. The van der Waals surface area contributed by atoms with Crippen LogP contribution in [0.25, 0.3) is 0 Å². The molecule has 0 aliphatic heterocycles. The van der Waals surface area contributed by atoms with Gasteiger partial charge in [-0.3, -0.25) is 0 Å². The molecule has 2 unspecified atom stereocenters. The number of nitrogens with two attached hydrogens (primary N) is 1. The molecule has 0 spiro atoms. The van der Waals surface area contributed by atoms with Gasteiger partial charge < -0.3 is 0 Å². The second-order valence-electron chi connectivity index (χ2n) is 5.92.